The van der Waals surface area contributed by atoms with Crippen molar-refractivity contribution in [2.24, 2.45) is 0 Å². The standard InChI is InChI=1S/C14H12BrClN4/c1-9-11(16)3-2-4-12(9)17-5-10-6-19-14-7-18-13(15)8-20(10)14/h2-4,6-8,17H,5H2,1H3. The molecule has 3 rings (SSSR count). The van der Waals surface area contributed by atoms with Crippen molar-refractivity contribution in [1.29, 1.82) is 0 Å². The zero-order chi connectivity index (χ0) is 14.1. The van der Waals surface area contributed by atoms with Crippen molar-refractivity contribution in [3.63, 3.8) is 0 Å². The Morgan fingerprint density at radius 2 is 2.15 bits per heavy atom. The van der Waals surface area contributed by atoms with Crippen LogP contribution >= 0.6 is 27.5 Å². The average Bonchev–Trinajstić information content (AvgIpc) is 2.83. The summed E-state index contributed by atoms with van der Waals surface area (Å²) in [6, 6.07) is 5.84. The molecule has 0 aliphatic heterocycles. The summed E-state index contributed by atoms with van der Waals surface area (Å²) in [5.41, 5.74) is 3.96. The minimum atomic E-state index is 0.665. The highest BCUT2D eigenvalue weighted by molar-refractivity contribution is 9.10. The number of anilines is 1. The van der Waals surface area contributed by atoms with Crippen LogP contribution in [0.4, 0.5) is 5.69 Å². The smallest absolute Gasteiger partial charge is 0.155 e. The quantitative estimate of drug-likeness (QED) is 0.773. The molecule has 0 atom stereocenters. The van der Waals surface area contributed by atoms with Gasteiger partial charge in [0.1, 0.15) is 4.60 Å². The van der Waals surface area contributed by atoms with Gasteiger partial charge in [-0.25, -0.2) is 9.97 Å². The largest absolute Gasteiger partial charge is 0.379 e. The van der Waals surface area contributed by atoms with E-state index in [1.165, 1.54) is 0 Å². The maximum Gasteiger partial charge on any atom is 0.155 e. The summed E-state index contributed by atoms with van der Waals surface area (Å²) in [5.74, 6) is 0. The first-order chi connectivity index (χ1) is 9.65. The molecule has 102 valence electrons. The van der Waals surface area contributed by atoms with Gasteiger partial charge in [-0.05, 0) is 40.5 Å². The van der Waals surface area contributed by atoms with Gasteiger partial charge >= 0.3 is 0 Å². The van der Waals surface area contributed by atoms with Crippen molar-refractivity contribution >= 4 is 38.9 Å². The van der Waals surface area contributed by atoms with Gasteiger partial charge < -0.3 is 5.32 Å². The number of hydrogen-bond donors (Lipinski definition) is 1. The molecule has 0 fully saturated rings. The molecule has 0 radical (unpaired) electrons. The average molecular weight is 352 g/mol. The highest BCUT2D eigenvalue weighted by Gasteiger charge is 2.06. The van der Waals surface area contributed by atoms with Crippen molar-refractivity contribution in [3.8, 4) is 0 Å². The van der Waals surface area contributed by atoms with Crippen molar-refractivity contribution in [3.05, 3.63) is 57.7 Å². The van der Waals surface area contributed by atoms with Gasteiger partial charge in [0.15, 0.2) is 5.65 Å². The highest BCUT2D eigenvalue weighted by Crippen LogP contribution is 2.23. The first kappa shape index (κ1) is 13.4. The molecule has 0 aliphatic carbocycles. The van der Waals surface area contributed by atoms with Gasteiger partial charge in [0.05, 0.1) is 24.6 Å². The summed E-state index contributed by atoms with van der Waals surface area (Å²) in [4.78, 5) is 8.49. The van der Waals surface area contributed by atoms with E-state index >= 15 is 0 Å². The fraction of sp³-hybridized carbons (Fsp3) is 0.143. The topological polar surface area (TPSA) is 42.2 Å². The minimum absolute atomic E-state index is 0.665. The van der Waals surface area contributed by atoms with E-state index in [2.05, 4.69) is 31.2 Å². The molecule has 3 aromatic rings. The summed E-state index contributed by atoms with van der Waals surface area (Å²) in [6.07, 6.45) is 5.48. The van der Waals surface area contributed by atoms with E-state index in [9.17, 15) is 0 Å². The fourth-order valence-electron chi connectivity index (χ4n) is 2.03. The van der Waals surface area contributed by atoms with Gasteiger partial charge in [0.2, 0.25) is 0 Å². The van der Waals surface area contributed by atoms with Gasteiger partial charge in [0.25, 0.3) is 0 Å². The Labute approximate surface area is 129 Å². The molecule has 2 heterocycles. The Morgan fingerprint density at radius 1 is 1.30 bits per heavy atom. The molecule has 0 spiro atoms. The SMILES string of the molecule is Cc1c(Cl)cccc1NCc1cnc2cnc(Br)cn12. The summed E-state index contributed by atoms with van der Waals surface area (Å²) < 4.78 is 2.78. The summed E-state index contributed by atoms with van der Waals surface area (Å²) in [6.45, 7) is 2.67. The zero-order valence-electron chi connectivity index (χ0n) is 10.8. The number of halogens is 2. The van der Waals surface area contributed by atoms with E-state index in [1.807, 2.05) is 41.9 Å². The van der Waals surface area contributed by atoms with Crippen LogP contribution in [0.5, 0.6) is 0 Å². The first-order valence-electron chi connectivity index (χ1n) is 6.11. The number of imidazole rings is 1. The number of fused-ring (bicyclic) bond motifs is 1. The molecule has 20 heavy (non-hydrogen) atoms. The molecular formula is C14H12BrClN4. The molecule has 0 saturated heterocycles. The van der Waals surface area contributed by atoms with Crippen LogP contribution in [0.25, 0.3) is 5.65 Å². The fourth-order valence-corrected chi connectivity index (χ4v) is 2.51. The Balaban J connectivity index is 1.87. The Morgan fingerprint density at radius 3 is 3.00 bits per heavy atom. The van der Waals surface area contributed by atoms with Crippen LogP contribution < -0.4 is 5.32 Å². The van der Waals surface area contributed by atoms with E-state index in [0.717, 1.165) is 32.2 Å². The van der Waals surface area contributed by atoms with Gasteiger partial charge in [-0.3, -0.25) is 4.40 Å². The lowest BCUT2D eigenvalue weighted by Gasteiger charge is -2.10. The molecule has 0 aliphatic rings. The van der Waals surface area contributed by atoms with Crippen LogP contribution in [0.3, 0.4) is 0 Å². The van der Waals surface area contributed by atoms with E-state index in [4.69, 9.17) is 11.6 Å². The van der Waals surface area contributed by atoms with Gasteiger partial charge in [-0.2, -0.15) is 0 Å². The van der Waals surface area contributed by atoms with E-state index in [1.54, 1.807) is 6.20 Å². The summed E-state index contributed by atoms with van der Waals surface area (Å²) >= 11 is 9.49. The van der Waals surface area contributed by atoms with E-state index in [-0.39, 0.29) is 0 Å². The van der Waals surface area contributed by atoms with Crippen LogP contribution in [-0.4, -0.2) is 14.4 Å². The Hall–Kier alpha value is -1.59. The molecule has 0 bridgehead atoms. The molecule has 2 aromatic heterocycles. The second-order valence-electron chi connectivity index (χ2n) is 4.45. The van der Waals surface area contributed by atoms with Crippen molar-refractivity contribution in [1.82, 2.24) is 14.4 Å². The molecule has 0 amide bonds. The Bertz CT molecular complexity index is 769. The molecule has 6 heteroatoms. The molecule has 1 N–H and O–H groups in total. The van der Waals surface area contributed by atoms with Crippen molar-refractivity contribution in [2.75, 3.05) is 5.32 Å². The van der Waals surface area contributed by atoms with Crippen LogP contribution in [0, 0.1) is 6.92 Å². The summed E-state index contributed by atoms with van der Waals surface area (Å²) in [5, 5.41) is 4.15. The second kappa shape index (κ2) is 5.42. The predicted octanol–water partition coefficient (Wildman–Crippen LogP) is 4.07. The maximum atomic E-state index is 6.12. The molecule has 0 saturated carbocycles. The minimum Gasteiger partial charge on any atom is -0.379 e. The van der Waals surface area contributed by atoms with Gasteiger partial charge in [-0.1, -0.05) is 17.7 Å². The highest BCUT2D eigenvalue weighted by atomic mass is 79.9. The molecule has 4 nitrogen and oxygen atoms in total. The molecule has 0 unspecified atom stereocenters. The van der Waals surface area contributed by atoms with Gasteiger partial charge in [0, 0.05) is 16.9 Å². The first-order valence-corrected chi connectivity index (χ1v) is 7.29. The number of nitrogens with one attached hydrogen (secondary N) is 1. The number of nitrogens with zero attached hydrogens (tertiary/aromatic N) is 3. The maximum absolute atomic E-state index is 6.12. The summed E-state index contributed by atoms with van der Waals surface area (Å²) in [7, 11) is 0. The van der Waals surface area contributed by atoms with Gasteiger partial charge in [-0.15, -0.1) is 0 Å². The second-order valence-corrected chi connectivity index (χ2v) is 5.67. The predicted molar refractivity (Wildman–Crippen MR) is 84.2 cm³/mol. The molecule has 1 aromatic carbocycles. The van der Waals surface area contributed by atoms with Crippen LogP contribution in [0.2, 0.25) is 5.02 Å². The van der Waals surface area contributed by atoms with E-state index < -0.39 is 0 Å². The van der Waals surface area contributed by atoms with Crippen LogP contribution in [-0.2, 0) is 6.54 Å². The third-order valence-electron chi connectivity index (χ3n) is 3.17. The lowest BCUT2D eigenvalue weighted by molar-refractivity contribution is 0.982. The lowest BCUT2D eigenvalue weighted by Crippen LogP contribution is -2.04. The van der Waals surface area contributed by atoms with Crippen molar-refractivity contribution < 1.29 is 0 Å². The van der Waals surface area contributed by atoms with Crippen molar-refractivity contribution in [2.45, 2.75) is 13.5 Å². The van der Waals surface area contributed by atoms with Crippen LogP contribution in [0.15, 0.2) is 41.4 Å². The number of aromatic nitrogens is 3. The number of hydrogen-bond acceptors (Lipinski definition) is 3. The third kappa shape index (κ3) is 2.51. The lowest BCUT2D eigenvalue weighted by atomic mass is 10.2. The number of rotatable bonds is 3. The van der Waals surface area contributed by atoms with E-state index in [0.29, 0.717) is 6.54 Å². The van der Waals surface area contributed by atoms with Crippen LogP contribution in [0.1, 0.15) is 11.3 Å². The zero-order valence-corrected chi connectivity index (χ0v) is 13.1. The normalized spacial score (nSPS) is 10.9. The molecular weight excluding hydrogens is 340 g/mol. The number of benzene rings is 1. The Kier molecular flexibility index (Phi) is 3.63. The monoisotopic (exact) mass is 350 g/mol. The third-order valence-corrected chi connectivity index (χ3v) is 3.99.